The highest BCUT2D eigenvalue weighted by Crippen LogP contribution is 2.17. The van der Waals surface area contributed by atoms with Crippen LogP contribution in [0.4, 0.5) is 0 Å². The summed E-state index contributed by atoms with van der Waals surface area (Å²) in [7, 11) is 0. The van der Waals surface area contributed by atoms with Crippen molar-refractivity contribution in [1.29, 1.82) is 0 Å². The second kappa shape index (κ2) is 9.94. The number of aromatic nitrogens is 1. The molecule has 2 heterocycles. The molecule has 0 radical (unpaired) electrons. The number of amides is 1. The molecule has 1 saturated heterocycles. The molecule has 0 aromatic carbocycles. The van der Waals surface area contributed by atoms with E-state index >= 15 is 0 Å². The van der Waals surface area contributed by atoms with E-state index in [2.05, 4.69) is 10.6 Å². The average molecular weight is 372 g/mol. The van der Waals surface area contributed by atoms with Gasteiger partial charge >= 0.3 is 0 Å². The van der Waals surface area contributed by atoms with Crippen molar-refractivity contribution in [2.75, 3.05) is 19.7 Å². The summed E-state index contributed by atoms with van der Waals surface area (Å²) in [6, 6.07) is 1.63. The van der Waals surface area contributed by atoms with Gasteiger partial charge in [0, 0.05) is 12.2 Å². The number of pyridine rings is 1. The Labute approximate surface area is 155 Å². The third-order valence-electron chi connectivity index (χ3n) is 4.57. The first-order valence-electron chi connectivity index (χ1n) is 8.78. The number of rotatable bonds is 6. The number of carbonyl (C=O) groups is 1. The van der Waals surface area contributed by atoms with Crippen LogP contribution in [0.1, 0.15) is 55.1 Å². The van der Waals surface area contributed by atoms with Gasteiger partial charge in [-0.05, 0) is 56.8 Å². The Morgan fingerprint density at radius 1 is 1.40 bits per heavy atom. The van der Waals surface area contributed by atoms with Gasteiger partial charge in [0.1, 0.15) is 5.56 Å². The van der Waals surface area contributed by atoms with E-state index in [1.165, 1.54) is 0 Å². The molecular formula is C18H30ClN3O3. The van der Waals surface area contributed by atoms with E-state index in [1.807, 2.05) is 19.9 Å². The molecule has 1 amide bonds. The molecule has 1 atom stereocenters. The van der Waals surface area contributed by atoms with Crippen LogP contribution in [0.2, 0.25) is 0 Å². The summed E-state index contributed by atoms with van der Waals surface area (Å²) in [5, 5.41) is 15.6. The minimum absolute atomic E-state index is 0. The van der Waals surface area contributed by atoms with Gasteiger partial charge in [0.05, 0.1) is 12.6 Å². The van der Waals surface area contributed by atoms with Crippen molar-refractivity contribution in [1.82, 2.24) is 15.2 Å². The van der Waals surface area contributed by atoms with E-state index in [9.17, 15) is 14.7 Å². The van der Waals surface area contributed by atoms with Gasteiger partial charge in [0.2, 0.25) is 0 Å². The minimum Gasteiger partial charge on any atom is -0.394 e. The summed E-state index contributed by atoms with van der Waals surface area (Å²) in [6.07, 6.45) is 4.24. The highest BCUT2D eigenvalue weighted by Gasteiger charge is 2.23. The summed E-state index contributed by atoms with van der Waals surface area (Å²) in [6.45, 7) is 7.48. The summed E-state index contributed by atoms with van der Waals surface area (Å²) in [5.41, 5.74) is 0.628. The summed E-state index contributed by atoms with van der Waals surface area (Å²) >= 11 is 0. The number of aliphatic hydroxyl groups excluding tert-OH is 1. The van der Waals surface area contributed by atoms with Crippen molar-refractivity contribution < 1.29 is 9.90 Å². The zero-order chi connectivity index (χ0) is 17.7. The Balaban J connectivity index is 0.00000312. The zero-order valence-electron chi connectivity index (χ0n) is 15.2. The number of halogens is 1. The first-order chi connectivity index (χ1) is 11.4. The maximum absolute atomic E-state index is 12.8. The number of nitrogens with zero attached hydrogens (tertiary/aromatic N) is 1. The predicted molar refractivity (Wildman–Crippen MR) is 102 cm³/mol. The lowest BCUT2D eigenvalue weighted by Gasteiger charge is -2.25. The summed E-state index contributed by atoms with van der Waals surface area (Å²) < 4.78 is 1.69. The van der Waals surface area contributed by atoms with Gasteiger partial charge in [-0.25, -0.2) is 0 Å². The third-order valence-corrected chi connectivity index (χ3v) is 4.57. The fraction of sp³-hybridized carbons (Fsp3) is 0.667. The van der Waals surface area contributed by atoms with Crippen LogP contribution in [-0.2, 0) is 0 Å². The van der Waals surface area contributed by atoms with Gasteiger partial charge in [0.15, 0.2) is 0 Å². The van der Waals surface area contributed by atoms with E-state index < -0.39 is 0 Å². The van der Waals surface area contributed by atoms with Gasteiger partial charge in [-0.1, -0.05) is 13.8 Å². The molecule has 3 N–H and O–H groups in total. The number of aliphatic hydroxyl groups is 1. The molecule has 0 saturated carbocycles. The van der Waals surface area contributed by atoms with Gasteiger partial charge < -0.3 is 20.3 Å². The molecule has 0 unspecified atom stereocenters. The fourth-order valence-corrected chi connectivity index (χ4v) is 3.30. The molecule has 1 aliphatic heterocycles. The second-order valence-electron chi connectivity index (χ2n) is 7.05. The molecule has 0 aliphatic carbocycles. The van der Waals surface area contributed by atoms with E-state index in [1.54, 1.807) is 17.7 Å². The highest BCUT2D eigenvalue weighted by molar-refractivity contribution is 5.95. The van der Waals surface area contributed by atoms with Crippen LogP contribution in [0.25, 0.3) is 0 Å². The predicted octanol–water partition coefficient (Wildman–Crippen LogP) is 1.64. The molecule has 0 bridgehead atoms. The lowest BCUT2D eigenvalue weighted by atomic mass is 10.0. The van der Waals surface area contributed by atoms with Crippen molar-refractivity contribution in [3.05, 3.63) is 33.7 Å². The summed E-state index contributed by atoms with van der Waals surface area (Å²) in [4.78, 5) is 25.5. The molecule has 7 heteroatoms. The normalized spacial score (nSPS) is 16.4. The molecule has 6 nitrogen and oxygen atoms in total. The number of hydrogen-bond acceptors (Lipinski definition) is 4. The SMILES string of the molecule is Cc1ccn(C2CCNCC2)c(=O)c1C(=O)N[C@H](CO)CC(C)C.Cl. The maximum Gasteiger partial charge on any atom is 0.263 e. The number of nitrogens with one attached hydrogen (secondary N) is 2. The van der Waals surface area contributed by atoms with Gasteiger partial charge in [0.25, 0.3) is 11.5 Å². The van der Waals surface area contributed by atoms with Crippen molar-refractivity contribution in [3.63, 3.8) is 0 Å². The van der Waals surface area contributed by atoms with Crippen LogP contribution in [0.3, 0.4) is 0 Å². The first-order valence-corrected chi connectivity index (χ1v) is 8.78. The third kappa shape index (κ3) is 5.56. The largest absolute Gasteiger partial charge is 0.394 e. The molecule has 1 fully saturated rings. The molecule has 25 heavy (non-hydrogen) atoms. The van der Waals surface area contributed by atoms with Crippen LogP contribution in [0, 0.1) is 12.8 Å². The molecule has 1 aliphatic rings. The molecule has 1 aromatic rings. The zero-order valence-corrected chi connectivity index (χ0v) is 16.1. The van der Waals surface area contributed by atoms with E-state index in [-0.39, 0.29) is 48.1 Å². The molecule has 142 valence electrons. The quantitative estimate of drug-likeness (QED) is 0.709. The summed E-state index contributed by atoms with van der Waals surface area (Å²) in [5.74, 6) is -0.0359. The standard InChI is InChI=1S/C18H29N3O3.ClH/c1-12(2)10-14(11-22)20-17(23)16-13(3)6-9-21(18(16)24)15-4-7-19-8-5-15;/h6,9,12,14-15,19,22H,4-5,7-8,10-11H2,1-3H3,(H,20,23);1H/t14-;/m0./s1. The Morgan fingerprint density at radius 3 is 2.60 bits per heavy atom. The smallest absolute Gasteiger partial charge is 0.263 e. The van der Waals surface area contributed by atoms with Crippen LogP contribution in [-0.4, -0.2) is 41.3 Å². The topological polar surface area (TPSA) is 83.4 Å². The molecule has 0 spiro atoms. The average Bonchev–Trinajstić information content (AvgIpc) is 2.54. The van der Waals surface area contributed by atoms with Crippen molar-refractivity contribution in [2.45, 2.75) is 52.1 Å². The number of aryl methyl sites for hydroxylation is 1. The van der Waals surface area contributed by atoms with Crippen molar-refractivity contribution in [3.8, 4) is 0 Å². The van der Waals surface area contributed by atoms with Crippen molar-refractivity contribution in [2.24, 2.45) is 5.92 Å². The van der Waals surface area contributed by atoms with Gasteiger partial charge in [-0.3, -0.25) is 9.59 Å². The lowest BCUT2D eigenvalue weighted by Crippen LogP contribution is -2.43. The fourth-order valence-electron chi connectivity index (χ4n) is 3.30. The maximum atomic E-state index is 12.8. The lowest BCUT2D eigenvalue weighted by molar-refractivity contribution is 0.0905. The number of piperidine rings is 1. The van der Waals surface area contributed by atoms with E-state index in [0.29, 0.717) is 17.9 Å². The molecule has 1 aromatic heterocycles. The van der Waals surface area contributed by atoms with Crippen LogP contribution in [0.5, 0.6) is 0 Å². The molecule has 2 rings (SSSR count). The Hall–Kier alpha value is -1.37. The first kappa shape index (κ1) is 21.7. The Morgan fingerprint density at radius 2 is 2.04 bits per heavy atom. The number of hydrogen-bond donors (Lipinski definition) is 3. The van der Waals surface area contributed by atoms with Crippen LogP contribution < -0.4 is 16.2 Å². The number of carbonyl (C=O) groups excluding carboxylic acids is 1. The van der Waals surface area contributed by atoms with Crippen molar-refractivity contribution >= 4 is 18.3 Å². The van der Waals surface area contributed by atoms with Crippen LogP contribution >= 0.6 is 12.4 Å². The monoisotopic (exact) mass is 371 g/mol. The van der Waals surface area contributed by atoms with E-state index in [4.69, 9.17) is 0 Å². The van der Waals surface area contributed by atoms with E-state index in [0.717, 1.165) is 25.9 Å². The van der Waals surface area contributed by atoms with Gasteiger partial charge in [-0.2, -0.15) is 0 Å². The Kier molecular flexibility index (Phi) is 8.62. The molecular weight excluding hydrogens is 342 g/mol. The van der Waals surface area contributed by atoms with Gasteiger partial charge in [-0.15, -0.1) is 12.4 Å². The highest BCUT2D eigenvalue weighted by atomic mass is 35.5. The second-order valence-corrected chi connectivity index (χ2v) is 7.05. The minimum atomic E-state index is -0.388. The van der Waals surface area contributed by atoms with Crippen LogP contribution in [0.15, 0.2) is 17.1 Å². The Bertz CT molecular complexity index is 624.